The lowest BCUT2D eigenvalue weighted by atomic mass is 9.43. The lowest BCUT2D eigenvalue weighted by molar-refractivity contribution is -0.199. The maximum Gasteiger partial charge on any atom is 0.481 e. The Morgan fingerprint density at radius 3 is 2.07 bits per heavy atom. The Morgan fingerprint density at radius 2 is 1.44 bits per heavy atom. The molecule has 16 nitrogen and oxygen atoms in total. The Labute approximate surface area is 369 Å². The molecule has 5 rings (SSSR count). The molecule has 18 heteroatoms. The fourth-order valence-electron chi connectivity index (χ4n) is 9.10. The highest BCUT2D eigenvalue weighted by Crippen LogP contribution is 2.65. The van der Waals surface area contributed by atoms with E-state index in [0.29, 0.717) is 43.0 Å². The van der Waals surface area contributed by atoms with Crippen molar-refractivity contribution < 1.29 is 43.2 Å². The molecule has 6 amide bonds. The van der Waals surface area contributed by atoms with Crippen molar-refractivity contribution in [3.05, 3.63) is 35.9 Å². The lowest BCUT2D eigenvalue weighted by Gasteiger charge is -2.64. The number of halogens is 1. The average Bonchev–Trinajstić information content (AvgIpc) is 3.60. The van der Waals surface area contributed by atoms with Gasteiger partial charge in [0.25, 0.3) is 0 Å². The van der Waals surface area contributed by atoms with Crippen molar-refractivity contribution in [1.82, 2.24) is 26.6 Å². The van der Waals surface area contributed by atoms with Gasteiger partial charge in [-0.3, -0.25) is 28.8 Å². The number of nitrogens with two attached hydrogens (primary N) is 2. The first-order valence-electron chi connectivity index (χ1n) is 22.1. The van der Waals surface area contributed by atoms with Crippen molar-refractivity contribution in [2.24, 2.45) is 28.7 Å². The number of carbonyl (C=O) groups is 6. The van der Waals surface area contributed by atoms with Crippen molar-refractivity contribution >= 4 is 58.5 Å². The highest BCUT2D eigenvalue weighted by atomic mass is 79.9. The molecule has 4 aliphatic rings. The Bertz CT molecular complexity index is 1640. The summed E-state index contributed by atoms with van der Waals surface area (Å²) in [6.45, 7) is 8.32. The molecule has 1 saturated heterocycles. The standard InChI is InChI=1S/C43H69BBrN7O9/c1-5-6-16-29(39(57)52-35(17-13-21-45)44-60-34-25-28-24-33(42(28,2)3)43(34,4)61-44)49-38(56)30(19-20-36(47)54)50-41(59)32(26-53)51-40(58)31(23-27-14-9-7-10-15-27)48-37(55)18-11-8-12-22-46/h7,9-10,14-15,28-35,53H,5-6,8,11-13,16-26,46H2,1-4H3,(H2,47,54)(H,48,55)(H,49,56)(H,50,59)(H,51,58)(H,52,57)/t28-,29+,30+,31+,32+,33-,34-,35-,43+/m1/s1. The summed E-state index contributed by atoms with van der Waals surface area (Å²) in [5.41, 5.74) is 11.4. The first-order chi connectivity index (χ1) is 29.1. The summed E-state index contributed by atoms with van der Waals surface area (Å²) in [6, 6.07) is 4.03. The molecule has 4 fully saturated rings. The first kappa shape index (κ1) is 50.1. The van der Waals surface area contributed by atoms with Crippen LogP contribution in [0.25, 0.3) is 0 Å². The summed E-state index contributed by atoms with van der Waals surface area (Å²) in [7, 11) is -0.675. The predicted molar refractivity (Wildman–Crippen MR) is 236 cm³/mol. The van der Waals surface area contributed by atoms with Gasteiger partial charge in [0.05, 0.1) is 24.3 Å². The van der Waals surface area contributed by atoms with Gasteiger partial charge < -0.3 is 52.5 Å². The monoisotopic (exact) mass is 917 g/mol. The van der Waals surface area contributed by atoms with Crippen LogP contribution in [0.3, 0.4) is 0 Å². The molecule has 0 radical (unpaired) electrons. The van der Waals surface area contributed by atoms with Crippen LogP contribution in [0.4, 0.5) is 0 Å². The molecule has 0 spiro atoms. The number of benzene rings is 1. The van der Waals surface area contributed by atoms with Crippen LogP contribution in [0.15, 0.2) is 30.3 Å². The third-order valence-corrected chi connectivity index (χ3v) is 13.5. The highest BCUT2D eigenvalue weighted by molar-refractivity contribution is 9.09. The van der Waals surface area contributed by atoms with Crippen LogP contribution >= 0.6 is 15.9 Å². The number of nitrogens with one attached hydrogen (secondary N) is 5. The van der Waals surface area contributed by atoms with E-state index in [1.807, 2.05) is 13.0 Å². The van der Waals surface area contributed by atoms with Gasteiger partial charge in [0, 0.05) is 24.6 Å². The van der Waals surface area contributed by atoms with Gasteiger partial charge in [-0.25, -0.2) is 0 Å². The van der Waals surface area contributed by atoms with Crippen LogP contribution < -0.4 is 38.1 Å². The fourth-order valence-corrected chi connectivity index (χ4v) is 9.43. The minimum absolute atomic E-state index is 0.0829. The van der Waals surface area contributed by atoms with Gasteiger partial charge in [0.1, 0.15) is 24.2 Å². The van der Waals surface area contributed by atoms with E-state index in [2.05, 4.69) is 63.3 Å². The van der Waals surface area contributed by atoms with Gasteiger partial charge in [-0.1, -0.05) is 86.3 Å². The van der Waals surface area contributed by atoms with Crippen LogP contribution in [-0.4, -0.2) is 108 Å². The molecule has 3 saturated carbocycles. The Morgan fingerprint density at radius 1 is 0.803 bits per heavy atom. The normalized spacial score (nSPS) is 23.5. The Kier molecular flexibility index (Phi) is 19.5. The summed E-state index contributed by atoms with van der Waals surface area (Å²) in [5.74, 6) is -3.50. The van der Waals surface area contributed by atoms with Crippen LogP contribution in [-0.2, 0) is 44.5 Å². The molecule has 61 heavy (non-hydrogen) atoms. The Hall–Kier alpha value is -3.58. The highest BCUT2D eigenvalue weighted by Gasteiger charge is 2.68. The number of rotatable bonds is 27. The van der Waals surface area contributed by atoms with Crippen LogP contribution in [0.5, 0.6) is 0 Å². The summed E-state index contributed by atoms with van der Waals surface area (Å²) in [4.78, 5) is 80.1. The maximum atomic E-state index is 14.1. The lowest BCUT2D eigenvalue weighted by Crippen LogP contribution is -2.65. The third kappa shape index (κ3) is 13.7. The number of unbranched alkanes of at least 4 members (excludes halogenated alkanes) is 3. The summed E-state index contributed by atoms with van der Waals surface area (Å²) < 4.78 is 13.3. The van der Waals surface area contributed by atoms with Crippen molar-refractivity contribution in [3.63, 3.8) is 0 Å². The number of amides is 6. The topological polar surface area (TPSA) is 253 Å². The predicted octanol–water partition coefficient (Wildman–Crippen LogP) is 2.06. The number of hydrogen-bond acceptors (Lipinski definition) is 10. The van der Waals surface area contributed by atoms with Gasteiger partial charge in [0.2, 0.25) is 35.4 Å². The molecule has 1 heterocycles. The van der Waals surface area contributed by atoms with E-state index in [1.54, 1.807) is 24.3 Å². The zero-order chi connectivity index (χ0) is 44.7. The van der Waals surface area contributed by atoms with E-state index in [0.717, 1.165) is 44.1 Å². The molecule has 1 aliphatic heterocycles. The SMILES string of the molecule is CCCC[C@H](NC(=O)[C@H](CCC(N)=O)NC(=O)[C@H](CO)NC(=O)[C@H](Cc1ccccc1)NC(=O)CCCCCN)C(=O)N[C@H](CCCBr)B1O[C@@H]2C[C@H]3C[C@H](C3(C)C)[C@]2(C)O1. The molecule has 3 aliphatic carbocycles. The molecule has 9 atom stereocenters. The van der Waals surface area contributed by atoms with Crippen LogP contribution in [0.1, 0.15) is 117 Å². The molecule has 1 aromatic carbocycles. The van der Waals surface area contributed by atoms with Gasteiger partial charge in [0.15, 0.2) is 0 Å². The molecule has 0 unspecified atom stereocenters. The van der Waals surface area contributed by atoms with E-state index < -0.39 is 79.0 Å². The van der Waals surface area contributed by atoms with E-state index in [4.69, 9.17) is 20.8 Å². The van der Waals surface area contributed by atoms with Crippen molar-refractivity contribution in [2.75, 3.05) is 18.5 Å². The largest absolute Gasteiger partial charge is 0.481 e. The molecular formula is C43H69BBrN7O9. The first-order valence-corrected chi connectivity index (χ1v) is 23.2. The van der Waals surface area contributed by atoms with E-state index in [-0.39, 0.29) is 49.5 Å². The minimum atomic E-state index is -1.53. The second kappa shape index (κ2) is 23.8. The molecular weight excluding hydrogens is 849 g/mol. The molecule has 2 bridgehead atoms. The average molecular weight is 919 g/mol. The fraction of sp³-hybridized carbons (Fsp3) is 0.721. The number of carbonyl (C=O) groups excluding carboxylic acids is 6. The van der Waals surface area contributed by atoms with Gasteiger partial charge in [-0.15, -0.1) is 0 Å². The van der Waals surface area contributed by atoms with Crippen LogP contribution in [0, 0.1) is 17.3 Å². The Balaban J connectivity index is 1.45. The third-order valence-electron chi connectivity index (χ3n) is 12.9. The minimum Gasteiger partial charge on any atom is -0.404 e. The summed E-state index contributed by atoms with van der Waals surface area (Å²) in [6.07, 6.45) is 6.72. The maximum absolute atomic E-state index is 14.1. The smallest absolute Gasteiger partial charge is 0.404 e. The zero-order valence-corrected chi connectivity index (χ0v) is 37.9. The quantitative estimate of drug-likeness (QED) is 0.0362. The molecule has 1 aromatic rings. The van der Waals surface area contributed by atoms with Crippen molar-refractivity contribution in [2.45, 2.75) is 159 Å². The zero-order valence-electron chi connectivity index (χ0n) is 36.3. The van der Waals surface area contributed by atoms with Crippen LogP contribution in [0.2, 0.25) is 0 Å². The van der Waals surface area contributed by atoms with Gasteiger partial charge in [-0.2, -0.15) is 0 Å². The number of alkyl halides is 1. The van der Waals surface area contributed by atoms with E-state index in [1.165, 1.54) is 0 Å². The summed E-state index contributed by atoms with van der Waals surface area (Å²) >= 11 is 3.50. The van der Waals surface area contributed by atoms with Gasteiger partial charge >= 0.3 is 7.12 Å². The number of primary amides is 1. The number of hydrogen-bond donors (Lipinski definition) is 8. The van der Waals surface area contributed by atoms with Crippen molar-refractivity contribution in [1.29, 1.82) is 0 Å². The number of aliphatic hydroxyl groups excluding tert-OH is 1. The second-order valence-electron chi connectivity index (χ2n) is 17.7. The molecule has 0 aromatic heterocycles. The second-order valence-corrected chi connectivity index (χ2v) is 18.5. The van der Waals surface area contributed by atoms with E-state index >= 15 is 0 Å². The number of aliphatic hydroxyl groups is 1. The molecule has 340 valence electrons. The summed E-state index contributed by atoms with van der Waals surface area (Å²) in [5, 5.41) is 24.7. The van der Waals surface area contributed by atoms with Crippen molar-refractivity contribution in [3.8, 4) is 0 Å². The van der Waals surface area contributed by atoms with Gasteiger partial charge in [-0.05, 0) is 87.6 Å². The van der Waals surface area contributed by atoms with E-state index in [9.17, 15) is 33.9 Å². The molecule has 10 N–H and O–H groups in total.